The first-order valence-electron chi connectivity index (χ1n) is 13.6. The minimum atomic E-state index is -0.517. The number of hydrogen-bond acceptors (Lipinski definition) is 5. The molecule has 1 heterocycles. The normalized spacial score (nSPS) is 14.4. The maximum absolute atomic E-state index is 13.8. The van der Waals surface area contributed by atoms with E-state index in [1.807, 2.05) is 45.9 Å². The molecule has 1 N–H and O–H groups in total. The van der Waals surface area contributed by atoms with Gasteiger partial charge in [-0.3, -0.25) is 0 Å². The van der Waals surface area contributed by atoms with Crippen molar-refractivity contribution >= 4 is 6.09 Å². The molecular weight excluding hydrogens is 481 g/mol. The fourth-order valence-corrected chi connectivity index (χ4v) is 4.42. The number of halogens is 1. The Kier molecular flexibility index (Phi) is 10.1. The molecule has 0 aromatic heterocycles. The summed E-state index contributed by atoms with van der Waals surface area (Å²) in [4.78, 5) is 16.6. The van der Waals surface area contributed by atoms with Gasteiger partial charge in [0, 0.05) is 32.2 Å². The number of hydrogen-bond donors (Lipinski definition) is 1. The maximum Gasteiger partial charge on any atom is 0.410 e. The third-order valence-electron chi connectivity index (χ3n) is 6.55. The van der Waals surface area contributed by atoms with Gasteiger partial charge in [-0.1, -0.05) is 38.6 Å². The van der Waals surface area contributed by atoms with Crippen molar-refractivity contribution in [1.29, 1.82) is 0 Å². The number of piperidine rings is 1. The lowest BCUT2D eigenvalue weighted by Crippen LogP contribution is -2.48. The molecule has 1 amide bonds. The summed E-state index contributed by atoms with van der Waals surface area (Å²) in [5, 5.41) is 3.49. The Morgan fingerprint density at radius 1 is 1.16 bits per heavy atom. The van der Waals surface area contributed by atoms with E-state index in [-0.39, 0.29) is 18.0 Å². The average molecular weight is 526 g/mol. The predicted octanol–water partition coefficient (Wildman–Crippen LogP) is 6.63. The molecule has 0 aliphatic carbocycles. The lowest BCUT2D eigenvalue weighted by atomic mass is 10.0. The van der Waals surface area contributed by atoms with Gasteiger partial charge in [-0.05, 0) is 87.4 Å². The van der Waals surface area contributed by atoms with Crippen LogP contribution in [0.15, 0.2) is 54.9 Å². The zero-order valence-electron chi connectivity index (χ0n) is 23.9. The number of carbonyl (C=O) groups excluding carboxylic acids is 1. The Morgan fingerprint density at radius 3 is 2.39 bits per heavy atom. The van der Waals surface area contributed by atoms with Crippen molar-refractivity contribution in [3.8, 4) is 5.75 Å². The minimum Gasteiger partial charge on any atom is -0.493 e. The highest BCUT2D eigenvalue weighted by molar-refractivity contribution is 5.68. The Balaban J connectivity index is 1.66. The van der Waals surface area contributed by atoms with Crippen molar-refractivity contribution in [3.05, 3.63) is 77.4 Å². The van der Waals surface area contributed by atoms with E-state index in [1.165, 1.54) is 6.07 Å². The van der Waals surface area contributed by atoms with Crippen LogP contribution in [0.3, 0.4) is 0 Å². The summed E-state index contributed by atoms with van der Waals surface area (Å²) >= 11 is 0. The highest BCUT2D eigenvalue weighted by Crippen LogP contribution is 2.25. The summed E-state index contributed by atoms with van der Waals surface area (Å²) in [6.07, 6.45) is 1.32. The lowest BCUT2D eigenvalue weighted by Gasteiger charge is -2.41. The van der Waals surface area contributed by atoms with Crippen molar-refractivity contribution in [2.24, 2.45) is 5.92 Å². The van der Waals surface area contributed by atoms with Crippen LogP contribution < -0.4 is 10.1 Å². The number of rotatable bonds is 10. The molecule has 1 aliphatic rings. The minimum absolute atomic E-state index is 0.185. The van der Waals surface area contributed by atoms with Gasteiger partial charge in [0.15, 0.2) is 0 Å². The second-order valence-corrected chi connectivity index (χ2v) is 11.5. The van der Waals surface area contributed by atoms with Crippen LogP contribution in [0.4, 0.5) is 9.18 Å². The predicted molar refractivity (Wildman–Crippen MR) is 150 cm³/mol. The monoisotopic (exact) mass is 525 g/mol. The van der Waals surface area contributed by atoms with E-state index in [2.05, 4.69) is 42.8 Å². The molecule has 0 atom stereocenters. The quantitative estimate of drug-likeness (QED) is 0.377. The molecule has 1 aliphatic heterocycles. The molecule has 6 nitrogen and oxygen atoms in total. The van der Waals surface area contributed by atoms with E-state index < -0.39 is 5.60 Å². The molecule has 0 bridgehead atoms. The van der Waals surface area contributed by atoms with Crippen LogP contribution in [-0.2, 0) is 17.8 Å². The third kappa shape index (κ3) is 8.96. The van der Waals surface area contributed by atoms with Crippen LogP contribution in [0.25, 0.3) is 0 Å². The Bertz CT molecular complexity index is 1070. The zero-order valence-corrected chi connectivity index (χ0v) is 23.9. The Hall–Kier alpha value is -3.22. The molecule has 0 radical (unpaired) electrons. The van der Waals surface area contributed by atoms with Gasteiger partial charge in [-0.15, -0.1) is 0 Å². The summed E-state index contributed by atoms with van der Waals surface area (Å²) in [6, 6.07) is 13.2. The molecule has 3 rings (SSSR count). The molecule has 0 unspecified atom stereocenters. The maximum atomic E-state index is 13.8. The number of nitrogens with one attached hydrogen (secondary N) is 1. The van der Waals surface area contributed by atoms with Crippen molar-refractivity contribution in [2.45, 2.75) is 79.1 Å². The number of aryl methyl sites for hydroxylation is 1. The standard InChI is InChI=1S/C31H44FN3O3/c1-22(2)21-37-29-12-8-25(9-13-29)19-33-24(4)35(20-26-10-11-27(32)18-23(26)3)28-14-16-34(17-15-28)30(36)38-31(5,6)7/h8-13,18,22,28,33H,4,14-17,19-21H2,1-3,5-7H3. The molecule has 1 fully saturated rings. The fraction of sp³-hybridized carbons (Fsp3) is 0.516. The van der Waals surface area contributed by atoms with Crippen molar-refractivity contribution in [2.75, 3.05) is 19.7 Å². The molecule has 0 saturated carbocycles. The number of ether oxygens (including phenoxy) is 2. The van der Waals surface area contributed by atoms with Crippen molar-refractivity contribution in [1.82, 2.24) is 15.1 Å². The average Bonchev–Trinajstić information content (AvgIpc) is 2.85. The summed E-state index contributed by atoms with van der Waals surface area (Å²) in [5.74, 6) is 1.92. The van der Waals surface area contributed by atoms with Gasteiger partial charge in [0.1, 0.15) is 17.2 Å². The lowest BCUT2D eigenvalue weighted by molar-refractivity contribution is 0.0154. The van der Waals surface area contributed by atoms with E-state index in [0.717, 1.165) is 41.1 Å². The van der Waals surface area contributed by atoms with Gasteiger partial charge in [0.25, 0.3) is 0 Å². The summed E-state index contributed by atoms with van der Waals surface area (Å²) in [6.45, 7) is 19.4. The Labute approximate surface area is 227 Å². The SMILES string of the molecule is C=C(NCc1ccc(OCC(C)C)cc1)N(Cc1ccc(F)cc1C)C1CCN(C(=O)OC(C)(C)C)CC1. The van der Waals surface area contributed by atoms with Crippen LogP contribution >= 0.6 is 0 Å². The molecule has 7 heteroatoms. The van der Waals surface area contributed by atoms with Crippen LogP contribution in [0.1, 0.15) is 64.2 Å². The van der Waals surface area contributed by atoms with Gasteiger partial charge >= 0.3 is 6.09 Å². The largest absolute Gasteiger partial charge is 0.493 e. The van der Waals surface area contributed by atoms with Gasteiger partial charge in [-0.25, -0.2) is 9.18 Å². The zero-order chi connectivity index (χ0) is 27.9. The van der Waals surface area contributed by atoms with Crippen molar-refractivity contribution in [3.63, 3.8) is 0 Å². The van der Waals surface area contributed by atoms with Crippen LogP contribution in [0.5, 0.6) is 5.75 Å². The van der Waals surface area contributed by atoms with Crippen LogP contribution in [0, 0.1) is 18.7 Å². The molecule has 38 heavy (non-hydrogen) atoms. The number of carbonyl (C=O) groups is 1. The van der Waals surface area contributed by atoms with Gasteiger partial charge in [0.2, 0.25) is 0 Å². The second kappa shape index (κ2) is 13.0. The van der Waals surface area contributed by atoms with Crippen molar-refractivity contribution < 1.29 is 18.7 Å². The first kappa shape index (κ1) is 29.3. The third-order valence-corrected chi connectivity index (χ3v) is 6.55. The molecule has 1 saturated heterocycles. The van der Waals surface area contributed by atoms with E-state index in [0.29, 0.717) is 38.7 Å². The highest BCUT2D eigenvalue weighted by atomic mass is 19.1. The summed E-state index contributed by atoms with van der Waals surface area (Å²) in [5.41, 5.74) is 2.57. The molecule has 2 aromatic rings. The highest BCUT2D eigenvalue weighted by Gasteiger charge is 2.30. The fourth-order valence-electron chi connectivity index (χ4n) is 4.42. The second-order valence-electron chi connectivity index (χ2n) is 11.5. The number of nitrogens with zero attached hydrogens (tertiary/aromatic N) is 2. The van der Waals surface area contributed by atoms with E-state index in [9.17, 15) is 9.18 Å². The first-order chi connectivity index (χ1) is 17.9. The molecule has 208 valence electrons. The topological polar surface area (TPSA) is 54.0 Å². The number of amides is 1. The Morgan fingerprint density at radius 2 is 1.82 bits per heavy atom. The molecular formula is C31H44FN3O3. The first-order valence-corrected chi connectivity index (χ1v) is 13.6. The number of benzene rings is 2. The van der Waals surface area contributed by atoms with Gasteiger partial charge in [0.05, 0.1) is 12.4 Å². The molecule has 0 spiro atoms. The van der Waals surface area contributed by atoms with E-state index >= 15 is 0 Å². The van der Waals surface area contributed by atoms with Crippen LogP contribution in [-0.4, -0.2) is 47.2 Å². The van der Waals surface area contributed by atoms with E-state index in [1.54, 1.807) is 11.0 Å². The van der Waals surface area contributed by atoms with Gasteiger partial charge < -0.3 is 24.6 Å². The summed E-state index contributed by atoms with van der Waals surface area (Å²) in [7, 11) is 0. The summed E-state index contributed by atoms with van der Waals surface area (Å²) < 4.78 is 25.1. The van der Waals surface area contributed by atoms with Crippen LogP contribution in [0.2, 0.25) is 0 Å². The molecule has 2 aromatic carbocycles. The van der Waals surface area contributed by atoms with E-state index in [4.69, 9.17) is 9.47 Å². The number of likely N-dealkylation sites (tertiary alicyclic amines) is 1. The smallest absolute Gasteiger partial charge is 0.410 e. The van der Waals surface area contributed by atoms with Gasteiger partial charge in [-0.2, -0.15) is 0 Å².